The van der Waals surface area contributed by atoms with Crippen LogP contribution in [0.1, 0.15) is 25.7 Å². The first kappa shape index (κ1) is 16.4. The Balaban J connectivity index is 1.77. The lowest BCUT2D eigenvalue weighted by Crippen LogP contribution is -2.24. The zero-order valence-electron chi connectivity index (χ0n) is 11.6. The maximum atomic E-state index is 10.8. The lowest BCUT2D eigenvalue weighted by Gasteiger charge is -2.22. The fraction of sp³-hybridized carbons (Fsp3) is 0.923. The van der Waals surface area contributed by atoms with Gasteiger partial charge in [-0.15, -0.1) is 0 Å². The van der Waals surface area contributed by atoms with Crippen molar-refractivity contribution in [2.24, 2.45) is 0 Å². The Morgan fingerprint density at radius 3 is 2.53 bits per heavy atom. The Bertz CT molecular complexity index is 227. The molecule has 1 fully saturated rings. The van der Waals surface area contributed by atoms with Crippen molar-refractivity contribution in [1.82, 2.24) is 0 Å². The molecular weight excluding hydrogens is 252 g/mol. The van der Waals surface area contributed by atoms with Crippen molar-refractivity contribution >= 4 is 5.97 Å². The SMILES string of the molecule is COC(=O)CCOCCOCCOC1CCCCO1. The molecule has 0 radical (unpaired) electrons. The number of carbonyl (C=O) groups is 1. The standard InChI is InChI=1S/C13H24O6/c1-15-12(14)5-7-16-8-9-17-10-11-19-13-4-2-3-6-18-13/h13H,2-11H2,1H3. The molecule has 1 rings (SSSR count). The topological polar surface area (TPSA) is 63.2 Å². The van der Waals surface area contributed by atoms with E-state index in [0.29, 0.717) is 33.0 Å². The molecule has 112 valence electrons. The molecule has 1 heterocycles. The third-order valence-corrected chi connectivity index (χ3v) is 2.72. The highest BCUT2D eigenvalue weighted by Gasteiger charge is 2.13. The van der Waals surface area contributed by atoms with Gasteiger partial charge < -0.3 is 23.7 Å². The number of carbonyl (C=O) groups excluding carboxylic acids is 1. The van der Waals surface area contributed by atoms with Crippen molar-refractivity contribution in [1.29, 1.82) is 0 Å². The highest BCUT2D eigenvalue weighted by molar-refractivity contribution is 5.69. The highest BCUT2D eigenvalue weighted by Crippen LogP contribution is 2.13. The van der Waals surface area contributed by atoms with Crippen molar-refractivity contribution < 1.29 is 28.5 Å². The van der Waals surface area contributed by atoms with Gasteiger partial charge in [-0.3, -0.25) is 4.79 Å². The van der Waals surface area contributed by atoms with Crippen LogP contribution in [0.3, 0.4) is 0 Å². The minimum atomic E-state index is -0.262. The zero-order valence-corrected chi connectivity index (χ0v) is 11.6. The van der Waals surface area contributed by atoms with E-state index in [4.69, 9.17) is 18.9 Å². The lowest BCUT2D eigenvalue weighted by atomic mass is 10.2. The van der Waals surface area contributed by atoms with Crippen molar-refractivity contribution in [2.75, 3.05) is 46.8 Å². The van der Waals surface area contributed by atoms with Crippen LogP contribution in [0.25, 0.3) is 0 Å². The molecule has 0 bridgehead atoms. The minimum Gasteiger partial charge on any atom is -0.469 e. The maximum absolute atomic E-state index is 10.8. The minimum absolute atomic E-state index is 0.0614. The summed E-state index contributed by atoms with van der Waals surface area (Å²) >= 11 is 0. The molecule has 19 heavy (non-hydrogen) atoms. The average molecular weight is 276 g/mol. The van der Waals surface area contributed by atoms with Gasteiger partial charge in [0.05, 0.1) is 46.6 Å². The third kappa shape index (κ3) is 8.93. The van der Waals surface area contributed by atoms with Crippen LogP contribution in [0.4, 0.5) is 0 Å². The second-order valence-electron chi connectivity index (χ2n) is 4.22. The molecule has 1 unspecified atom stereocenters. The Kier molecular flexibility index (Phi) is 9.61. The predicted molar refractivity (Wildman–Crippen MR) is 67.8 cm³/mol. The van der Waals surface area contributed by atoms with Crippen LogP contribution >= 0.6 is 0 Å². The second kappa shape index (κ2) is 11.2. The van der Waals surface area contributed by atoms with Crippen LogP contribution in [0.15, 0.2) is 0 Å². The summed E-state index contributed by atoms with van der Waals surface area (Å²) in [5.74, 6) is -0.262. The number of hydrogen-bond acceptors (Lipinski definition) is 6. The molecule has 6 heteroatoms. The number of methoxy groups -OCH3 is 1. The molecule has 1 atom stereocenters. The first-order chi connectivity index (χ1) is 9.33. The van der Waals surface area contributed by atoms with Crippen LogP contribution in [-0.4, -0.2) is 59.0 Å². The molecule has 1 aliphatic heterocycles. The van der Waals surface area contributed by atoms with Gasteiger partial charge in [0.15, 0.2) is 6.29 Å². The zero-order chi connectivity index (χ0) is 13.8. The molecule has 0 aromatic rings. The van der Waals surface area contributed by atoms with E-state index in [1.54, 1.807) is 0 Å². The summed E-state index contributed by atoms with van der Waals surface area (Å²) in [4.78, 5) is 10.8. The number of esters is 1. The van der Waals surface area contributed by atoms with E-state index < -0.39 is 0 Å². The van der Waals surface area contributed by atoms with Gasteiger partial charge >= 0.3 is 5.97 Å². The van der Waals surface area contributed by atoms with Crippen molar-refractivity contribution in [2.45, 2.75) is 32.0 Å². The van der Waals surface area contributed by atoms with Crippen LogP contribution in [0.5, 0.6) is 0 Å². The van der Waals surface area contributed by atoms with E-state index in [9.17, 15) is 4.79 Å². The lowest BCUT2D eigenvalue weighted by molar-refractivity contribution is -0.169. The molecule has 0 saturated carbocycles. The summed E-state index contributed by atoms with van der Waals surface area (Å²) in [6.45, 7) is 3.18. The fourth-order valence-electron chi connectivity index (χ4n) is 1.66. The summed E-state index contributed by atoms with van der Waals surface area (Å²) in [5.41, 5.74) is 0. The second-order valence-corrected chi connectivity index (χ2v) is 4.22. The molecule has 1 aliphatic rings. The smallest absolute Gasteiger partial charge is 0.307 e. The number of rotatable bonds is 10. The van der Waals surface area contributed by atoms with E-state index in [-0.39, 0.29) is 18.7 Å². The number of ether oxygens (including phenoxy) is 5. The van der Waals surface area contributed by atoms with E-state index in [2.05, 4.69) is 4.74 Å². The summed E-state index contributed by atoms with van der Waals surface area (Å²) in [7, 11) is 1.36. The monoisotopic (exact) mass is 276 g/mol. The molecule has 0 N–H and O–H groups in total. The van der Waals surface area contributed by atoms with E-state index in [0.717, 1.165) is 19.4 Å². The normalized spacial score (nSPS) is 19.3. The van der Waals surface area contributed by atoms with Crippen LogP contribution in [-0.2, 0) is 28.5 Å². The van der Waals surface area contributed by atoms with E-state index in [1.165, 1.54) is 13.5 Å². The van der Waals surface area contributed by atoms with Crippen LogP contribution in [0, 0.1) is 0 Å². The Hall–Kier alpha value is -0.690. The summed E-state index contributed by atoms with van der Waals surface area (Å²) < 4.78 is 26.0. The van der Waals surface area contributed by atoms with Crippen LogP contribution < -0.4 is 0 Å². The Morgan fingerprint density at radius 2 is 1.84 bits per heavy atom. The van der Waals surface area contributed by atoms with Crippen molar-refractivity contribution in [3.8, 4) is 0 Å². The Morgan fingerprint density at radius 1 is 1.11 bits per heavy atom. The van der Waals surface area contributed by atoms with Crippen molar-refractivity contribution in [3.63, 3.8) is 0 Å². The summed E-state index contributed by atoms with van der Waals surface area (Å²) in [6.07, 6.45) is 3.47. The van der Waals surface area contributed by atoms with Gasteiger partial charge in [0, 0.05) is 6.61 Å². The molecule has 0 amide bonds. The van der Waals surface area contributed by atoms with Gasteiger partial charge in [-0.05, 0) is 19.3 Å². The summed E-state index contributed by atoms with van der Waals surface area (Å²) in [6, 6.07) is 0. The predicted octanol–water partition coefficient (Wildman–Crippen LogP) is 1.13. The fourth-order valence-corrected chi connectivity index (χ4v) is 1.66. The highest BCUT2D eigenvalue weighted by atomic mass is 16.7. The van der Waals surface area contributed by atoms with Gasteiger partial charge in [-0.1, -0.05) is 0 Å². The van der Waals surface area contributed by atoms with E-state index >= 15 is 0 Å². The first-order valence-electron chi connectivity index (χ1n) is 6.78. The first-order valence-corrected chi connectivity index (χ1v) is 6.78. The van der Waals surface area contributed by atoms with Gasteiger partial charge in [0.2, 0.25) is 0 Å². The quantitative estimate of drug-likeness (QED) is 0.440. The van der Waals surface area contributed by atoms with Gasteiger partial charge in [0.1, 0.15) is 0 Å². The van der Waals surface area contributed by atoms with Gasteiger partial charge in [-0.25, -0.2) is 0 Å². The summed E-state index contributed by atoms with van der Waals surface area (Å²) in [5, 5.41) is 0. The van der Waals surface area contributed by atoms with Crippen LogP contribution in [0.2, 0.25) is 0 Å². The third-order valence-electron chi connectivity index (χ3n) is 2.72. The van der Waals surface area contributed by atoms with E-state index in [1.807, 2.05) is 0 Å². The molecule has 0 spiro atoms. The van der Waals surface area contributed by atoms with Gasteiger partial charge in [-0.2, -0.15) is 0 Å². The molecule has 0 aliphatic carbocycles. The molecule has 1 saturated heterocycles. The molecule has 0 aromatic carbocycles. The average Bonchev–Trinajstić information content (AvgIpc) is 2.46. The molecular formula is C13H24O6. The maximum Gasteiger partial charge on any atom is 0.307 e. The van der Waals surface area contributed by atoms with Gasteiger partial charge in [0.25, 0.3) is 0 Å². The number of hydrogen-bond donors (Lipinski definition) is 0. The largest absolute Gasteiger partial charge is 0.469 e. The Labute approximate surface area is 114 Å². The molecule has 6 nitrogen and oxygen atoms in total. The molecule has 0 aromatic heterocycles. The van der Waals surface area contributed by atoms with Crippen molar-refractivity contribution in [3.05, 3.63) is 0 Å².